The highest BCUT2D eigenvalue weighted by atomic mass is 31.2. The molecular weight excluding hydrogens is 1160 g/mol. The monoisotopic (exact) mass is 1300 g/mol. The zero-order valence-electron chi connectivity index (χ0n) is 57.3. The molecule has 0 spiro atoms. The van der Waals surface area contributed by atoms with Gasteiger partial charge in [0, 0.05) is 25.7 Å². The molecule has 0 rings (SSSR count). The molecule has 0 aliphatic heterocycles. The quantitative estimate of drug-likeness (QED) is 0.0222. The van der Waals surface area contributed by atoms with Crippen molar-refractivity contribution in [1.82, 2.24) is 0 Å². The van der Waals surface area contributed by atoms with Gasteiger partial charge in [0.1, 0.15) is 19.3 Å². The van der Waals surface area contributed by atoms with Crippen LogP contribution >= 0.6 is 15.6 Å². The molecule has 0 radical (unpaired) electrons. The number of phosphoric acid groups is 2. The number of unbranched alkanes of at least 4 members (excludes halogenated alkanes) is 30. The lowest BCUT2D eigenvalue weighted by atomic mass is 10.00. The van der Waals surface area contributed by atoms with Crippen LogP contribution in [-0.4, -0.2) is 96.7 Å². The molecule has 7 atom stereocenters. The van der Waals surface area contributed by atoms with Crippen LogP contribution in [-0.2, 0) is 65.4 Å². The Hall–Kier alpha value is -1.94. The Morgan fingerprint density at radius 2 is 0.545 bits per heavy atom. The fraction of sp³-hybridized carbons (Fsp3) is 0.942. The van der Waals surface area contributed by atoms with E-state index in [1.165, 1.54) is 135 Å². The third-order valence-corrected chi connectivity index (χ3v) is 18.4. The predicted octanol–water partition coefficient (Wildman–Crippen LogP) is 19.3. The van der Waals surface area contributed by atoms with Crippen molar-refractivity contribution in [3.05, 3.63) is 0 Å². The van der Waals surface area contributed by atoms with Crippen LogP contribution in [0.5, 0.6) is 0 Å². The minimum atomic E-state index is -4.95. The Morgan fingerprint density at radius 3 is 0.807 bits per heavy atom. The highest BCUT2D eigenvalue weighted by Crippen LogP contribution is 2.45. The van der Waals surface area contributed by atoms with Gasteiger partial charge in [-0.3, -0.25) is 37.3 Å². The van der Waals surface area contributed by atoms with E-state index in [1.807, 2.05) is 0 Å². The van der Waals surface area contributed by atoms with Crippen LogP contribution in [0.2, 0.25) is 0 Å². The Bertz CT molecular complexity index is 1750. The fourth-order valence-corrected chi connectivity index (χ4v) is 11.8. The molecule has 0 aromatic heterocycles. The van der Waals surface area contributed by atoms with Crippen LogP contribution < -0.4 is 0 Å². The predicted molar refractivity (Wildman–Crippen MR) is 354 cm³/mol. The molecular formula is C69H134O17P2. The average molecular weight is 1300 g/mol. The van der Waals surface area contributed by atoms with Crippen molar-refractivity contribution in [2.24, 2.45) is 23.7 Å². The second-order valence-corrected chi connectivity index (χ2v) is 29.3. The third kappa shape index (κ3) is 60.3. The van der Waals surface area contributed by atoms with Crippen molar-refractivity contribution in [1.29, 1.82) is 0 Å². The molecule has 0 aliphatic rings. The molecule has 0 amide bonds. The first-order chi connectivity index (χ1) is 42.2. The van der Waals surface area contributed by atoms with Crippen molar-refractivity contribution < 1.29 is 80.2 Å². The highest BCUT2D eigenvalue weighted by Gasteiger charge is 2.30. The third-order valence-electron chi connectivity index (χ3n) is 16.5. The van der Waals surface area contributed by atoms with Gasteiger partial charge in [-0.05, 0) is 49.4 Å². The summed E-state index contributed by atoms with van der Waals surface area (Å²) in [6, 6.07) is 0. The number of aliphatic hydroxyl groups is 1. The number of hydrogen-bond acceptors (Lipinski definition) is 15. The summed E-state index contributed by atoms with van der Waals surface area (Å²) in [5.74, 6) is 0.816. The number of carbonyl (C=O) groups excluding carboxylic acids is 4. The zero-order valence-corrected chi connectivity index (χ0v) is 59.1. The smallest absolute Gasteiger partial charge is 0.462 e. The van der Waals surface area contributed by atoms with E-state index in [9.17, 15) is 43.2 Å². The maximum absolute atomic E-state index is 13.0. The standard InChI is InChI=1S/C69H134O17P2/c1-9-61(7)47-39-31-25-27-34-42-50-67(72)80-56-64(85-68(73)51-43-35-24-20-22-30-38-46-60(5)6)57-83-87(75,76)81-53-63(70)54-82-88(77,78)84-58-65(86-69(74)52-44-36-28-26-32-40-48-62(8)10-2)55-79-66(71)49-41-33-23-19-17-15-13-11-12-14-16-18-21-29-37-45-59(3)4/h59-65,70H,9-58H2,1-8H3,(H,75,76)(H,77,78)/t61?,62?,63-,64+,65+/m0/s1. The summed E-state index contributed by atoms with van der Waals surface area (Å²) < 4.78 is 68.2. The van der Waals surface area contributed by atoms with Crippen molar-refractivity contribution in [3.63, 3.8) is 0 Å². The fourth-order valence-electron chi connectivity index (χ4n) is 10.2. The van der Waals surface area contributed by atoms with E-state index >= 15 is 0 Å². The van der Waals surface area contributed by atoms with Crippen LogP contribution in [0.15, 0.2) is 0 Å². The Labute approximate surface area is 537 Å². The van der Waals surface area contributed by atoms with E-state index in [4.69, 9.17) is 37.0 Å². The van der Waals surface area contributed by atoms with E-state index in [0.717, 1.165) is 114 Å². The minimum Gasteiger partial charge on any atom is -0.462 e. The maximum Gasteiger partial charge on any atom is 0.472 e. The molecule has 0 heterocycles. The van der Waals surface area contributed by atoms with Gasteiger partial charge >= 0.3 is 39.5 Å². The van der Waals surface area contributed by atoms with Gasteiger partial charge in [0.15, 0.2) is 12.2 Å². The molecule has 0 saturated carbocycles. The largest absolute Gasteiger partial charge is 0.472 e. The summed E-state index contributed by atoms with van der Waals surface area (Å²) in [6.07, 6.45) is 40.6. The second kappa shape index (κ2) is 58.8. The summed E-state index contributed by atoms with van der Waals surface area (Å²) in [4.78, 5) is 72.4. The number of hydrogen-bond donors (Lipinski definition) is 3. The van der Waals surface area contributed by atoms with Crippen molar-refractivity contribution in [2.45, 2.75) is 356 Å². The number of phosphoric ester groups is 2. The van der Waals surface area contributed by atoms with Gasteiger partial charge < -0.3 is 33.8 Å². The number of carbonyl (C=O) groups is 4. The summed E-state index contributed by atoms with van der Waals surface area (Å²) in [5.41, 5.74) is 0. The molecule has 4 unspecified atom stereocenters. The van der Waals surface area contributed by atoms with Gasteiger partial charge in [0.05, 0.1) is 26.4 Å². The molecule has 0 aromatic carbocycles. The molecule has 0 saturated heterocycles. The molecule has 88 heavy (non-hydrogen) atoms. The molecule has 0 aromatic rings. The summed E-state index contributed by atoms with van der Waals surface area (Å²) in [7, 11) is -9.90. The summed E-state index contributed by atoms with van der Waals surface area (Å²) >= 11 is 0. The van der Waals surface area contributed by atoms with Gasteiger partial charge in [-0.15, -0.1) is 0 Å². The zero-order chi connectivity index (χ0) is 65.4. The lowest BCUT2D eigenvalue weighted by molar-refractivity contribution is -0.161. The molecule has 17 nitrogen and oxygen atoms in total. The van der Waals surface area contributed by atoms with Crippen LogP contribution in [0, 0.1) is 23.7 Å². The molecule has 0 bridgehead atoms. The van der Waals surface area contributed by atoms with Gasteiger partial charge in [-0.2, -0.15) is 0 Å². The van der Waals surface area contributed by atoms with E-state index in [0.29, 0.717) is 31.6 Å². The van der Waals surface area contributed by atoms with Crippen molar-refractivity contribution in [2.75, 3.05) is 39.6 Å². The lowest BCUT2D eigenvalue weighted by Crippen LogP contribution is -2.30. The molecule has 19 heteroatoms. The number of esters is 4. The summed E-state index contributed by atoms with van der Waals surface area (Å²) in [6.45, 7) is 14.0. The van der Waals surface area contributed by atoms with Crippen molar-refractivity contribution >= 4 is 39.5 Å². The van der Waals surface area contributed by atoms with E-state index < -0.39 is 97.5 Å². The average Bonchev–Trinajstić information content (AvgIpc) is 3.71. The summed E-state index contributed by atoms with van der Waals surface area (Å²) in [5, 5.41) is 10.6. The first-order valence-electron chi connectivity index (χ1n) is 35.8. The van der Waals surface area contributed by atoms with E-state index in [1.54, 1.807) is 0 Å². The van der Waals surface area contributed by atoms with Gasteiger partial charge in [0.2, 0.25) is 0 Å². The molecule has 0 aliphatic carbocycles. The van der Waals surface area contributed by atoms with Gasteiger partial charge in [-0.25, -0.2) is 9.13 Å². The second-order valence-electron chi connectivity index (χ2n) is 26.4. The molecule has 3 N–H and O–H groups in total. The number of ether oxygens (including phenoxy) is 4. The SMILES string of the molecule is CCC(C)CCCCCCCCC(=O)OC[C@H](COP(=O)(O)OC[C@H](O)COP(=O)(O)OC[C@@H](COC(=O)CCCCCCCCCCCCCCCCCC(C)C)OC(=O)CCCCCCCCC(C)CC)OC(=O)CCCCCCCCCC(C)C. The normalized spacial score (nSPS) is 14.9. The first kappa shape index (κ1) is 86.1. The van der Waals surface area contributed by atoms with E-state index in [-0.39, 0.29) is 25.7 Å². The van der Waals surface area contributed by atoms with E-state index in [2.05, 4.69) is 55.4 Å². The topological polar surface area (TPSA) is 237 Å². The Morgan fingerprint density at radius 1 is 0.318 bits per heavy atom. The van der Waals surface area contributed by atoms with Crippen LogP contribution in [0.4, 0.5) is 0 Å². The van der Waals surface area contributed by atoms with Gasteiger partial charge in [0.25, 0.3) is 0 Å². The Kier molecular flexibility index (Phi) is 57.6. The Balaban J connectivity index is 5.19. The molecule has 522 valence electrons. The van der Waals surface area contributed by atoms with Gasteiger partial charge in [-0.1, -0.05) is 287 Å². The van der Waals surface area contributed by atoms with Crippen molar-refractivity contribution in [3.8, 4) is 0 Å². The minimum absolute atomic E-state index is 0.102. The maximum atomic E-state index is 13.0. The highest BCUT2D eigenvalue weighted by molar-refractivity contribution is 7.47. The number of rotatable bonds is 66. The first-order valence-corrected chi connectivity index (χ1v) is 38.8. The van der Waals surface area contributed by atoms with Crippen LogP contribution in [0.1, 0.15) is 338 Å². The molecule has 0 fully saturated rings. The number of aliphatic hydroxyl groups excluding tert-OH is 1. The van der Waals surface area contributed by atoms with Crippen LogP contribution in [0.3, 0.4) is 0 Å². The lowest BCUT2D eigenvalue weighted by Gasteiger charge is -2.21. The van der Waals surface area contributed by atoms with Crippen LogP contribution in [0.25, 0.3) is 0 Å².